The topological polar surface area (TPSA) is 68.7 Å². The molecular weight excluding hydrogens is 426 g/mol. The van der Waals surface area contributed by atoms with Crippen LogP contribution in [0.5, 0.6) is 5.75 Å². The summed E-state index contributed by atoms with van der Waals surface area (Å²) in [5.41, 5.74) is 0.680. The first-order chi connectivity index (χ1) is 16.4. The first-order valence-corrected chi connectivity index (χ1v) is 12.4. The number of rotatable bonds is 7. The molecule has 0 bridgehead atoms. The van der Waals surface area contributed by atoms with Crippen molar-refractivity contribution >= 4 is 16.9 Å². The van der Waals surface area contributed by atoms with Crippen molar-refractivity contribution in [3.8, 4) is 5.75 Å². The molecule has 1 saturated carbocycles. The second-order valence-corrected chi connectivity index (χ2v) is 9.75. The molecule has 0 amide bonds. The first-order valence-electron chi connectivity index (χ1n) is 12.4. The van der Waals surface area contributed by atoms with Crippen molar-refractivity contribution in [1.82, 2.24) is 4.98 Å². The highest BCUT2D eigenvalue weighted by Crippen LogP contribution is 2.43. The minimum absolute atomic E-state index is 0.180. The van der Waals surface area contributed by atoms with Crippen LogP contribution in [0.2, 0.25) is 0 Å². The summed E-state index contributed by atoms with van der Waals surface area (Å²) in [4.78, 5) is 17.7. The molecular formula is C29H35NO4. The molecule has 34 heavy (non-hydrogen) atoms. The van der Waals surface area contributed by atoms with Gasteiger partial charge in [0.2, 0.25) is 0 Å². The van der Waals surface area contributed by atoms with Crippen LogP contribution in [0.4, 0.5) is 0 Å². The van der Waals surface area contributed by atoms with Gasteiger partial charge in [-0.3, -0.25) is 0 Å². The molecule has 4 atom stereocenters. The van der Waals surface area contributed by atoms with Crippen molar-refractivity contribution in [2.24, 2.45) is 17.8 Å². The molecule has 5 heteroatoms. The molecule has 4 rings (SSSR count). The van der Waals surface area contributed by atoms with Crippen LogP contribution in [0.15, 0.2) is 60.7 Å². The van der Waals surface area contributed by atoms with Crippen LogP contribution in [0.3, 0.4) is 0 Å². The van der Waals surface area contributed by atoms with Crippen molar-refractivity contribution < 1.29 is 19.4 Å². The van der Waals surface area contributed by atoms with Gasteiger partial charge in [-0.05, 0) is 67.9 Å². The molecule has 1 aliphatic carbocycles. The fourth-order valence-corrected chi connectivity index (χ4v) is 5.28. The molecule has 180 valence electrons. The van der Waals surface area contributed by atoms with Gasteiger partial charge >= 0.3 is 5.97 Å². The second-order valence-electron chi connectivity index (χ2n) is 9.75. The number of fused-ring (bicyclic) bond motifs is 1. The summed E-state index contributed by atoms with van der Waals surface area (Å²) in [5.74, 6) is 0.954. The second kappa shape index (κ2) is 10.6. The third-order valence-corrected chi connectivity index (χ3v) is 7.01. The number of hydrogen-bond acceptors (Lipinski definition) is 5. The molecule has 0 aliphatic heterocycles. The van der Waals surface area contributed by atoms with E-state index in [0.29, 0.717) is 29.8 Å². The summed E-state index contributed by atoms with van der Waals surface area (Å²) >= 11 is 0. The van der Waals surface area contributed by atoms with E-state index in [-0.39, 0.29) is 12.5 Å². The number of hydrogen-bond donors (Lipinski definition) is 1. The number of para-hydroxylation sites is 1. The van der Waals surface area contributed by atoms with Gasteiger partial charge in [0, 0.05) is 11.3 Å². The van der Waals surface area contributed by atoms with Gasteiger partial charge in [-0.1, -0.05) is 56.7 Å². The van der Waals surface area contributed by atoms with E-state index in [2.05, 4.69) is 18.8 Å². The van der Waals surface area contributed by atoms with Gasteiger partial charge in [0.1, 0.15) is 12.4 Å². The van der Waals surface area contributed by atoms with Crippen LogP contribution in [-0.2, 0) is 21.7 Å². The lowest BCUT2D eigenvalue weighted by molar-refractivity contribution is -0.174. The Balaban J connectivity index is 1.52. The Kier molecular flexibility index (Phi) is 7.52. The smallest absolute Gasteiger partial charge is 0.343 e. The van der Waals surface area contributed by atoms with E-state index in [1.54, 1.807) is 19.1 Å². The molecule has 5 nitrogen and oxygen atoms in total. The van der Waals surface area contributed by atoms with Gasteiger partial charge in [0.05, 0.1) is 17.8 Å². The molecule has 2 aromatic carbocycles. The zero-order valence-electron chi connectivity index (χ0n) is 20.4. The predicted octanol–water partition coefficient (Wildman–Crippen LogP) is 6.03. The van der Waals surface area contributed by atoms with Crippen LogP contribution in [0.25, 0.3) is 10.9 Å². The average Bonchev–Trinajstić information content (AvgIpc) is 3.02. The lowest BCUT2D eigenvalue weighted by atomic mass is 9.75. The monoisotopic (exact) mass is 461 g/mol. The maximum Gasteiger partial charge on any atom is 0.343 e. The van der Waals surface area contributed by atoms with E-state index in [0.717, 1.165) is 42.3 Å². The summed E-state index contributed by atoms with van der Waals surface area (Å²) in [6.07, 6.45) is 3.71. The Morgan fingerprint density at radius 1 is 1.00 bits per heavy atom. The Hall–Kier alpha value is -2.92. The fraction of sp³-hybridized carbons (Fsp3) is 0.448. The fourth-order valence-electron chi connectivity index (χ4n) is 5.28. The summed E-state index contributed by atoms with van der Waals surface area (Å²) in [6, 6.07) is 19.2. The van der Waals surface area contributed by atoms with Crippen molar-refractivity contribution in [2.75, 3.05) is 6.61 Å². The normalized spacial score (nSPS) is 22.5. The lowest BCUT2D eigenvalue weighted by Crippen LogP contribution is -2.44. The SMILES string of the molecule is CCOC(=O)C(O)(c1ccc(OCc2ccc3ccccc3n2)cc1)C1CCC(C)CC(C)C1. The van der Waals surface area contributed by atoms with Crippen LogP contribution in [-0.4, -0.2) is 22.7 Å². The molecule has 1 N–H and O–H groups in total. The Bertz CT molecular complexity index is 1110. The number of aliphatic hydroxyl groups is 1. The van der Waals surface area contributed by atoms with Gasteiger partial charge < -0.3 is 14.6 Å². The van der Waals surface area contributed by atoms with Gasteiger partial charge in [-0.2, -0.15) is 0 Å². The number of nitrogens with zero attached hydrogens (tertiary/aromatic N) is 1. The Morgan fingerprint density at radius 3 is 2.53 bits per heavy atom. The van der Waals surface area contributed by atoms with E-state index in [4.69, 9.17) is 9.47 Å². The van der Waals surface area contributed by atoms with Crippen LogP contribution < -0.4 is 4.74 Å². The first kappa shape index (κ1) is 24.2. The Labute approximate surface area is 202 Å². The van der Waals surface area contributed by atoms with Crippen molar-refractivity contribution in [1.29, 1.82) is 0 Å². The van der Waals surface area contributed by atoms with Crippen LogP contribution >= 0.6 is 0 Å². The summed E-state index contributed by atoms with van der Waals surface area (Å²) in [5, 5.41) is 12.9. The van der Waals surface area contributed by atoms with Crippen LogP contribution in [0, 0.1) is 17.8 Å². The number of esters is 1. The standard InChI is InChI=1S/C29H35NO4/c1-4-33-28(31)29(32,24-11-9-20(2)17-21(3)18-24)23-12-15-26(16-13-23)34-19-25-14-10-22-7-5-6-8-27(22)30-25/h5-8,10,12-16,20-21,24,32H,4,9,11,17-19H2,1-3H3. The zero-order chi connectivity index (χ0) is 24.1. The van der Waals surface area contributed by atoms with E-state index in [1.165, 1.54) is 0 Å². The van der Waals surface area contributed by atoms with Crippen LogP contribution in [0.1, 0.15) is 57.7 Å². The van der Waals surface area contributed by atoms with Gasteiger partial charge in [-0.25, -0.2) is 9.78 Å². The maximum absolute atomic E-state index is 13.1. The minimum atomic E-state index is -1.66. The number of ether oxygens (including phenoxy) is 2. The average molecular weight is 462 g/mol. The van der Waals surface area contributed by atoms with E-state index >= 15 is 0 Å². The zero-order valence-corrected chi connectivity index (χ0v) is 20.4. The number of benzene rings is 2. The van der Waals surface area contributed by atoms with Gasteiger partial charge in [0.15, 0.2) is 5.60 Å². The highest BCUT2D eigenvalue weighted by molar-refractivity contribution is 5.81. The summed E-state index contributed by atoms with van der Waals surface area (Å²) in [6.45, 7) is 6.80. The van der Waals surface area contributed by atoms with Crippen molar-refractivity contribution in [2.45, 2.75) is 58.7 Å². The third-order valence-electron chi connectivity index (χ3n) is 7.01. The largest absolute Gasteiger partial charge is 0.487 e. The molecule has 1 fully saturated rings. The van der Waals surface area contributed by atoms with E-state index in [1.807, 2.05) is 48.5 Å². The molecule has 0 radical (unpaired) electrons. The van der Waals surface area contributed by atoms with E-state index < -0.39 is 11.6 Å². The van der Waals surface area contributed by atoms with E-state index in [9.17, 15) is 9.90 Å². The van der Waals surface area contributed by atoms with Crippen molar-refractivity contribution in [3.63, 3.8) is 0 Å². The lowest BCUT2D eigenvalue weighted by Gasteiger charge is -2.35. The number of carbonyl (C=O) groups is 1. The molecule has 1 aliphatic rings. The molecule has 0 spiro atoms. The Morgan fingerprint density at radius 2 is 1.76 bits per heavy atom. The summed E-state index contributed by atoms with van der Waals surface area (Å²) in [7, 11) is 0. The van der Waals surface area contributed by atoms with Crippen molar-refractivity contribution in [3.05, 3.63) is 71.9 Å². The predicted molar refractivity (Wildman–Crippen MR) is 133 cm³/mol. The molecule has 0 saturated heterocycles. The molecule has 1 aromatic heterocycles. The summed E-state index contributed by atoms with van der Waals surface area (Å²) < 4.78 is 11.3. The molecule has 4 unspecified atom stereocenters. The highest BCUT2D eigenvalue weighted by Gasteiger charge is 2.47. The number of aromatic nitrogens is 1. The van der Waals surface area contributed by atoms with Gasteiger partial charge in [0.25, 0.3) is 0 Å². The highest BCUT2D eigenvalue weighted by atomic mass is 16.5. The van der Waals surface area contributed by atoms with Gasteiger partial charge in [-0.15, -0.1) is 0 Å². The third kappa shape index (κ3) is 5.25. The molecule has 1 heterocycles. The number of carbonyl (C=O) groups excluding carboxylic acids is 1. The maximum atomic E-state index is 13.1. The number of pyridine rings is 1. The molecule has 3 aromatic rings. The quantitative estimate of drug-likeness (QED) is 0.344. The minimum Gasteiger partial charge on any atom is -0.487 e.